The zero-order valence-electron chi connectivity index (χ0n) is 10.5. The van der Waals surface area contributed by atoms with Gasteiger partial charge in [-0.15, -0.1) is 0 Å². The van der Waals surface area contributed by atoms with Gasteiger partial charge >= 0.3 is 5.97 Å². The fraction of sp³-hybridized carbons (Fsp3) is 0.385. The summed E-state index contributed by atoms with van der Waals surface area (Å²) < 4.78 is 1.63. The molecule has 1 aromatic rings. The molecule has 1 aliphatic heterocycles. The van der Waals surface area contributed by atoms with Gasteiger partial charge in [0.2, 0.25) is 0 Å². The van der Waals surface area contributed by atoms with E-state index >= 15 is 0 Å². The third-order valence-corrected chi connectivity index (χ3v) is 5.02. The Balaban J connectivity index is 2.22. The van der Waals surface area contributed by atoms with Crippen molar-refractivity contribution in [3.8, 4) is 0 Å². The maximum Gasteiger partial charge on any atom is 0.305 e. The highest BCUT2D eigenvalue weighted by Crippen LogP contribution is 2.25. The quantitative estimate of drug-likeness (QED) is 0.812. The van der Waals surface area contributed by atoms with E-state index < -0.39 is 5.97 Å². The molecule has 4 nitrogen and oxygen atoms in total. The second-order valence-corrected chi connectivity index (χ2v) is 7.46. The zero-order valence-corrected chi connectivity index (χ0v) is 14.5. The van der Waals surface area contributed by atoms with Crippen LogP contribution in [0.15, 0.2) is 27.1 Å². The normalized spacial score (nSPS) is 18.9. The number of carbonyl (C=O) groups excluding carboxylic acids is 1. The molecule has 20 heavy (non-hydrogen) atoms. The fourth-order valence-corrected chi connectivity index (χ4v) is 4.49. The van der Waals surface area contributed by atoms with Crippen LogP contribution in [0.1, 0.15) is 16.8 Å². The number of carbonyl (C=O) groups is 2. The molecule has 1 heterocycles. The van der Waals surface area contributed by atoms with Gasteiger partial charge in [-0.25, -0.2) is 0 Å². The first kappa shape index (κ1) is 15.9. The van der Waals surface area contributed by atoms with Gasteiger partial charge in [0.15, 0.2) is 0 Å². The average molecular weight is 423 g/mol. The summed E-state index contributed by atoms with van der Waals surface area (Å²) >= 11 is 8.42. The minimum atomic E-state index is -0.870. The summed E-state index contributed by atoms with van der Waals surface area (Å²) in [5, 5.41) is 8.96. The van der Waals surface area contributed by atoms with Gasteiger partial charge in [0, 0.05) is 32.6 Å². The van der Waals surface area contributed by atoms with Crippen LogP contribution < -0.4 is 0 Å². The van der Waals surface area contributed by atoms with Gasteiger partial charge in [-0.05, 0) is 18.2 Å². The smallest absolute Gasteiger partial charge is 0.305 e. The molecule has 0 spiro atoms. The number of hydrogen-bond donors (Lipinski definition) is 1. The van der Waals surface area contributed by atoms with Crippen molar-refractivity contribution in [3.63, 3.8) is 0 Å². The van der Waals surface area contributed by atoms with Crippen molar-refractivity contribution in [3.05, 3.63) is 32.7 Å². The monoisotopic (exact) mass is 421 g/mol. The third kappa shape index (κ3) is 3.99. The molecule has 1 N–H and O–H groups in total. The van der Waals surface area contributed by atoms with E-state index in [4.69, 9.17) is 5.11 Å². The maximum absolute atomic E-state index is 12.6. The predicted octanol–water partition coefficient (Wildman–Crippen LogP) is 3.24. The van der Waals surface area contributed by atoms with E-state index in [2.05, 4.69) is 31.9 Å². The van der Waals surface area contributed by atoms with Gasteiger partial charge < -0.3 is 10.0 Å². The molecule has 0 radical (unpaired) electrons. The highest BCUT2D eigenvalue weighted by molar-refractivity contribution is 9.11. The number of nitrogens with zero attached hydrogens (tertiary/aromatic N) is 1. The Labute approximate surface area is 138 Å². The Morgan fingerprint density at radius 3 is 2.55 bits per heavy atom. The fourth-order valence-electron chi connectivity index (χ4n) is 2.14. The van der Waals surface area contributed by atoms with Crippen LogP contribution in [-0.4, -0.2) is 46.0 Å². The van der Waals surface area contributed by atoms with E-state index in [-0.39, 0.29) is 18.4 Å². The molecule has 0 bridgehead atoms. The maximum atomic E-state index is 12.6. The molecule has 1 atom stereocenters. The van der Waals surface area contributed by atoms with Crippen molar-refractivity contribution >= 4 is 55.5 Å². The van der Waals surface area contributed by atoms with Crippen molar-refractivity contribution < 1.29 is 14.7 Å². The highest BCUT2D eigenvalue weighted by atomic mass is 79.9. The molecule has 0 saturated carbocycles. The largest absolute Gasteiger partial charge is 0.481 e. The highest BCUT2D eigenvalue weighted by Gasteiger charge is 2.29. The molecule has 0 aromatic heterocycles. The van der Waals surface area contributed by atoms with Crippen LogP contribution in [0.4, 0.5) is 0 Å². The SMILES string of the molecule is O=C(O)CC1CSCCN1C(=O)c1cc(Br)cc(Br)c1. The van der Waals surface area contributed by atoms with E-state index in [0.29, 0.717) is 17.9 Å². The summed E-state index contributed by atoms with van der Waals surface area (Å²) in [4.78, 5) is 25.2. The third-order valence-electron chi connectivity index (χ3n) is 3.01. The molecule has 108 valence electrons. The summed E-state index contributed by atoms with van der Waals surface area (Å²) in [6, 6.07) is 5.13. The lowest BCUT2D eigenvalue weighted by molar-refractivity contribution is -0.138. The van der Waals surface area contributed by atoms with Crippen LogP contribution in [0.3, 0.4) is 0 Å². The standard InChI is InChI=1S/C13H13Br2NO3S/c14-9-3-8(4-10(15)5-9)13(19)16-1-2-20-7-11(16)6-12(17)18/h3-5,11H,1-2,6-7H2,(H,17,18). The van der Waals surface area contributed by atoms with Gasteiger partial charge in [-0.3, -0.25) is 9.59 Å². The molecule has 2 rings (SSSR count). The first-order chi connectivity index (χ1) is 9.47. The molecule has 1 aliphatic rings. The van der Waals surface area contributed by atoms with Crippen LogP contribution in [0, 0.1) is 0 Å². The first-order valence-corrected chi connectivity index (χ1v) is 8.78. The molecule has 0 aliphatic carbocycles. The van der Waals surface area contributed by atoms with Crippen molar-refractivity contribution in [2.24, 2.45) is 0 Å². The summed E-state index contributed by atoms with van der Waals surface area (Å²) in [6.07, 6.45) is -0.00604. The molecule has 1 unspecified atom stereocenters. The number of benzene rings is 1. The average Bonchev–Trinajstić information content (AvgIpc) is 2.36. The van der Waals surface area contributed by atoms with Crippen LogP contribution in [0.2, 0.25) is 0 Å². The summed E-state index contributed by atoms with van der Waals surface area (Å²) in [5.41, 5.74) is 0.563. The Kier molecular flexibility index (Phi) is 5.51. The molecule has 1 amide bonds. The zero-order chi connectivity index (χ0) is 14.7. The van der Waals surface area contributed by atoms with Crippen molar-refractivity contribution in [1.82, 2.24) is 4.90 Å². The number of carboxylic acids is 1. The second kappa shape index (κ2) is 6.95. The Morgan fingerprint density at radius 1 is 1.30 bits per heavy atom. The minimum Gasteiger partial charge on any atom is -0.481 e. The molecule has 1 saturated heterocycles. The van der Waals surface area contributed by atoms with Crippen LogP contribution in [-0.2, 0) is 4.79 Å². The van der Waals surface area contributed by atoms with Gasteiger partial charge in [-0.2, -0.15) is 11.8 Å². The molecular weight excluding hydrogens is 410 g/mol. The number of halogens is 2. The van der Waals surface area contributed by atoms with Gasteiger partial charge in [0.05, 0.1) is 12.5 Å². The Morgan fingerprint density at radius 2 is 1.95 bits per heavy atom. The lowest BCUT2D eigenvalue weighted by Gasteiger charge is -2.34. The van der Waals surface area contributed by atoms with Gasteiger partial charge in [-0.1, -0.05) is 31.9 Å². The first-order valence-electron chi connectivity index (χ1n) is 6.04. The molecule has 1 aromatic carbocycles. The Hall–Kier alpha value is -0.530. The Bertz CT molecular complexity index is 518. The summed E-state index contributed by atoms with van der Waals surface area (Å²) in [6.45, 7) is 0.589. The number of rotatable bonds is 3. The predicted molar refractivity (Wildman–Crippen MR) is 86.2 cm³/mol. The van der Waals surface area contributed by atoms with Crippen LogP contribution in [0.25, 0.3) is 0 Å². The summed E-state index contributed by atoms with van der Waals surface area (Å²) in [7, 11) is 0. The lowest BCUT2D eigenvalue weighted by atomic mass is 10.1. The van der Waals surface area contributed by atoms with E-state index in [1.165, 1.54) is 0 Å². The number of thioether (sulfide) groups is 1. The minimum absolute atomic E-state index is 0.00604. The number of aliphatic carboxylic acids is 1. The van der Waals surface area contributed by atoms with Crippen LogP contribution in [0.5, 0.6) is 0 Å². The van der Waals surface area contributed by atoms with E-state index in [1.807, 2.05) is 6.07 Å². The lowest BCUT2D eigenvalue weighted by Crippen LogP contribution is -2.47. The topological polar surface area (TPSA) is 57.6 Å². The van der Waals surface area contributed by atoms with E-state index in [9.17, 15) is 9.59 Å². The van der Waals surface area contributed by atoms with E-state index in [1.54, 1.807) is 28.8 Å². The number of amides is 1. The van der Waals surface area contributed by atoms with Gasteiger partial charge in [0.1, 0.15) is 0 Å². The molecular formula is C13H13Br2NO3S. The van der Waals surface area contributed by atoms with Crippen molar-refractivity contribution in [1.29, 1.82) is 0 Å². The van der Waals surface area contributed by atoms with Crippen LogP contribution >= 0.6 is 43.6 Å². The summed E-state index contributed by atoms with van der Waals surface area (Å²) in [5.74, 6) is 0.536. The molecule has 1 fully saturated rings. The second-order valence-electron chi connectivity index (χ2n) is 4.48. The molecule has 7 heteroatoms. The van der Waals surface area contributed by atoms with E-state index in [0.717, 1.165) is 14.7 Å². The van der Waals surface area contributed by atoms with Gasteiger partial charge in [0.25, 0.3) is 5.91 Å². The van der Waals surface area contributed by atoms with Crippen molar-refractivity contribution in [2.75, 3.05) is 18.1 Å². The number of carboxylic acid groups (broad SMARTS) is 1. The number of hydrogen-bond acceptors (Lipinski definition) is 3. The van der Waals surface area contributed by atoms with Crippen molar-refractivity contribution in [2.45, 2.75) is 12.5 Å².